The Labute approximate surface area is 140 Å². The molecule has 0 bridgehead atoms. The zero-order valence-electron chi connectivity index (χ0n) is 13.9. The van der Waals surface area contributed by atoms with Crippen LogP contribution in [-0.4, -0.2) is 26.6 Å². The van der Waals surface area contributed by atoms with Gasteiger partial charge in [-0.25, -0.2) is 9.97 Å². The normalized spacial score (nSPS) is 21.3. The van der Waals surface area contributed by atoms with Crippen molar-refractivity contribution in [3.63, 3.8) is 0 Å². The Kier molecular flexibility index (Phi) is 3.95. The van der Waals surface area contributed by atoms with Crippen LogP contribution in [0.4, 0.5) is 0 Å². The number of hydrogen-bond acceptors (Lipinski definition) is 4. The summed E-state index contributed by atoms with van der Waals surface area (Å²) in [5.41, 5.74) is 3.07. The Balaban J connectivity index is 1.79. The van der Waals surface area contributed by atoms with Crippen molar-refractivity contribution in [3.8, 4) is 6.07 Å². The van der Waals surface area contributed by atoms with Crippen LogP contribution in [0.15, 0.2) is 18.5 Å². The van der Waals surface area contributed by atoms with Crippen molar-refractivity contribution in [2.45, 2.75) is 44.7 Å². The summed E-state index contributed by atoms with van der Waals surface area (Å²) in [5, 5.41) is 13.3. The summed E-state index contributed by atoms with van der Waals surface area (Å²) in [4.78, 5) is 12.5. The second-order valence-corrected chi connectivity index (χ2v) is 6.70. The number of pyridine rings is 1. The molecule has 0 amide bonds. The fourth-order valence-electron chi connectivity index (χ4n) is 4.05. The molecule has 0 aliphatic heterocycles. The summed E-state index contributed by atoms with van der Waals surface area (Å²) < 4.78 is 2.42. The van der Waals surface area contributed by atoms with E-state index in [9.17, 15) is 0 Å². The van der Waals surface area contributed by atoms with Gasteiger partial charge in [0.1, 0.15) is 17.0 Å². The first-order valence-electron chi connectivity index (χ1n) is 8.66. The lowest BCUT2D eigenvalue weighted by molar-refractivity contribution is 0.277. The molecule has 24 heavy (non-hydrogen) atoms. The number of aromatic amines is 1. The van der Waals surface area contributed by atoms with Crippen LogP contribution in [0, 0.1) is 17.2 Å². The van der Waals surface area contributed by atoms with Crippen LogP contribution in [0.1, 0.15) is 44.0 Å². The highest BCUT2D eigenvalue weighted by atomic mass is 15.1. The number of rotatable bonds is 4. The lowest BCUT2D eigenvalue weighted by Crippen LogP contribution is -2.21. The molecular weight excluding hydrogens is 300 g/mol. The van der Waals surface area contributed by atoms with Crippen LogP contribution in [0.5, 0.6) is 0 Å². The third kappa shape index (κ3) is 2.45. The van der Waals surface area contributed by atoms with Gasteiger partial charge in [-0.3, -0.25) is 0 Å². The minimum atomic E-state index is 0.453. The Morgan fingerprint density at radius 1 is 1.38 bits per heavy atom. The maximum Gasteiger partial charge on any atom is 0.139 e. The second-order valence-electron chi connectivity index (χ2n) is 6.70. The highest BCUT2D eigenvalue weighted by Crippen LogP contribution is 2.37. The van der Waals surface area contributed by atoms with E-state index in [1.54, 1.807) is 0 Å². The summed E-state index contributed by atoms with van der Waals surface area (Å²) in [6.07, 6.45) is 8.97. The van der Waals surface area contributed by atoms with E-state index in [1.165, 1.54) is 5.52 Å². The molecular formula is C18H22N6. The van der Waals surface area contributed by atoms with Crippen molar-refractivity contribution >= 4 is 22.1 Å². The number of imidazole rings is 1. The molecule has 3 aromatic heterocycles. The van der Waals surface area contributed by atoms with Crippen molar-refractivity contribution in [1.82, 2.24) is 24.8 Å². The number of nitrogens with zero attached hydrogens (tertiary/aromatic N) is 4. The molecule has 6 heteroatoms. The van der Waals surface area contributed by atoms with Crippen LogP contribution >= 0.6 is 0 Å². The summed E-state index contributed by atoms with van der Waals surface area (Å²) in [5.74, 6) is 1.63. The van der Waals surface area contributed by atoms with E-state index in [4.69, 9.17) is 10.2 Å². The lowest BCUT2D eigenvalue weighted by atomic mass is 9.84. The predicted molar refractivity (Wildman–Crippen MR) is 93.4 cm³/mol. The van der Waals surface area contributed by atoms with Gasteiger partial charge in [0, 0.05) is 24.0 Å². The molecule has 3 aromatic rings. The topological polar surface area (TPSA) is 82.3 Å². The van der Waals surface area contributed by atoms with Gasteiger partial charge in [0.2, 0.25) is 0 Å². The Bertz CT molecular complexity index is 891. The van der Waals surface area contributed by atoms with E-state index in [1.807, 2.05) is 19.4 Å². The summed E-state index contributed by atoms with van der Waals surface area (Å²) in [6, 6.07) is 4.87. The van der Waals surface area contributed by atoms with E-state index in [-0.39, 0.29) is 0 Å². The highest BCUT2D eigenvalue weighted by Gasteiger charge is 2.26. The van der Waals surface area contributed by atoms with Gasteiger partial charge < -0.3 is 14.9 Å². The molecule has 0 aromatic carbocycles. The van der Waals surface area contributed by atoms with Gasteiger partial charge in [0.25, 0.3) is 0 Å². The zero-order valence-corrected chi connectivity index (χ0v) is 13.9. The molecule has 0 unspecified atom stereocenters. The van der Waals surface area contributed by atoms with Gasteiger partial charge in [-0.15, -0.1) is 0 Å². The molecule has 3 heterocycles. The van der Waals surface area contributed by atoms with E-state index in [0.717, 1.165) is 54.6 Å². The van der Waals surface area contributed by atoms with Crippen molar-refractivity contribution in [2.75, 3.05) is 7.05 Å². The van der Waals surface area contributed by atoms with Gasteiger partial charge in [-0.05, 0) is 44.7 Å². The summed E-state index contributed by atoms with van der Waals surface area (Å²) >= 11 is 0. The van der Waals surface area contributed by atoms with Gasteiger partial charge in [-0.2, -0.15) is 5.26 Å². The number of fused-ring (bicyclic) bond motifs is 3. The first-order chi connectivity index (χ1) is 11.8. The number of H-pyrrole nitrogens is 1. The van der Waals surface area contributed by atoms with Crippen molar-refractivity contribution < 1.29 is 0 Å². The quantitative estimate of drug-likeness (QED) is 0.772. The third-order valence-corrected chi connectivity index (χ3v) is 5.20. The number of hydrogen-bond donors (Lipinski definition) is 2. The molecule has 4 rings (SSSR count). The zero-order chi connectivity index (χ0) is 16.5. The maximum atomic E-state index is 8.93. The second kappa shape index (κ2) is 6.25. The van der Waals surface area contributed by atoms with Crippen LogP contribution in [0.25, 0.3) is 22.1 Å². The average Bonchev–Trinajstić information content (AvgIpc) is 3.20. The van der Waals surface area contributed by atoms with Gasteiger partial charge in [-0.1, -0.05) is 0 Å². The smallest absolute Gasteiger partial charge is 0.139 e. The van der Waals surface area contributed by atoms with E-state index in [2.05, 4.69) is 32.0 Å². The monoisotopic (exact) mass is 322 g/mol. The van der Waals surface area contributed by atoms with Crippen molar-refractivity contribution in [3.05, 3.63) is 24.3 Å². The Morgan fingerprint density at radius 3 is 2.96 bits per heavy atom. The summed E-state index contributed by atoms with van der Waals surface area (Å²) in [7, 11) is 1.96. The number of aromatic nitrogens is 4. The molecule has 1 fully saturated rings. The van der Waals surface area contributed by atoms with Crippen LogP contribution < -0.4 is 5.32 Å². The predicted octanol–water partition coefficient (Wildman–Crippen LogP) is 3.28. The van der Waals surface area contributed by atoms with Crippen LogP contribution in [0.3, 0.4) is 0 Å². The molecule has 0 spiro atoms. The largest absolute Gasteiger partial charge is 0.346 e. The van der Waals surface area contributed by atoms with E-state index in [0.29, 0.717) is 18.4 Å². The van der Waals surface area contributed by atoms with Crippen LogP contribution in [0.2, 0.25) is 0 Å². The van der Waals surface area contributed by atoms with Gasteiger partial charge in [0.15, 0.2) is 0 Å². The Hall–Kier alpha value is -2.39. The molecule has 0 radical (unpaired) electrons. The van der Waals surface area contributed by atoms with Gasteiger partial charge in [0.05, 0.1) is 24.3 Å². The lowest BCUT2D eigenvalue weighted by Gasteiger charge is -2.30. The molecule has 0 atom stereocenters. The standard InChI is InChI=1S/C18H22N6/c1-20-11-16-23-15-10-22-18-14(7-9-21-18)17(15)24(16)13-4-2-12(3-5-13)6-8-19/h7,9-10,12-13,20H,2-6,11H2,1H3,(H,21,22). The maximum absolute atomic E-state index is 8.93. The molecule has 1 aliphatic rings. The highest BCUT2D eigenvalue weighted by molar-refractivity contribution is 6.01. The number of nitriles is 1. The first-order valence-corrected chi connectivity index (χ1v) is 8.66. The third-order valence-electron chi connectivity index (χ3n) is 5.20. The summed E-state index contributed by atoms with van der Waals surface area (Å²) in [6.45, 7) is 0.749. The molecule has 1 saturated carbocycles. The average molecular weight is 322 g/mol. The minimum absolute atomic E-state index is 0.453. The van der Waals surface area contributed by atoms with Gasteiger partial charge >= 0.3 is 0 Å². The SMILES string of the molecule is CNCc1nc2cnc3[nH]ccc3c2n1C1CCC(CC#N)CC1. The minimum Gasteiger partial charge on any atom is -0.346 e. The van der Waals surface area contributed by atoms with E-state index < -0.39 is 0 Å². The van der Waals surface area contributed by atoms with Crippen LogP contribution in [-0.2, 0) is 6.54 Å². The fourth-order valence-corrected chi connectivity index (χ4v) is 4.05. The number of nitrogens with one attached hydrogen (secondary N) is 2. The molecule has 124 valence electrons. The first kappa shape index (κ1) is 15.2. The molecule has 6 nitrogen and oxygen atoms in total. The fraction of sp³-hybridized carbons (Fsp3) is 0.500. The molecule has 2 N–H and O–H groups in total. The van der Waals surface area contributed by atoms with E-state index >= 15 is 0 Å². The molecule has 0 saturated heterocycles. The Morgan fingerprint density at radius 2 is 2.21 bits per heavy atom. The van der Waals surface area contributed by atoms with Crippen molar-refractivity contribution in [1.29, 1.82) is 5.26 Å². The molecule has 1 aliphatic carbocycles. The van der Waals surface area contributed by atoms with Crippen molar-refractivity contribution in [2.24, 2.45) is 5.92 Å².